The SMILES string of the molecule is CC(C)(CC(N)=O)Cc1cc(Br)ccc1NCCOC(F)(F)F. The van der Waals surface area contributed by atoms with Gasteiger partial charge in [0.25, 0.3) is 0 Å². The molecule has 130 valence electrons. The summed E-state index contributed by atoms with van der Waals surface area (Å²) in [5.41, 5.74) is 6.49. The molecule has 23 heavy (non-hydrogen) atoms. The number of primary amides is 1. The molecule has 0 aliphatic heterocycles. The summed E-state index contributed by atoms with van der Waals surface area (Å²) in [5.74, 6) is -0.391. The van der Waals surface area contributed by atoms with Crippen molar-refractivity contribution in [2.24, 2.45) is 11.1 Å². The Kier molecular flexibility index (Phi) is 6.88. The first-order chi connectivity index (χ1) is 10.5. The molecule has 4 nitrogen and oxygen atoms in total. The number of ether oxygens (including phenoxy) is 1. The van der Waals surface area contributed by atoms with Crippen molar-refractivity contribution in [3.05, 3.63) is 28.2 Å². The molecule has 0 bridgehead atoms. The average molecular weight is 397 g/mol. The van der Waals surface area contributed by atoms with Crippen LogP contribution in [-0.2, 0) is 16.0 Å². The van der Waals surface area contributed by atoms with Crippen LogP contribution in [0.5, 0.6) is 0 Å². The van der Waals surface area contributed by atoms with Crippen molar-refractivity contribution < 1.29 is 22.7 Å². The van der Waals surface area contributed by atoms with Crippen LogP contribution in [0.2, 0.25) is 0 Å². The number of nitrogens with one attached hydrogen (secondary N) is 1. The summed E-state index contributed by atoms with van der Waals surface area (Å²) in [4.78, 5) is 11.1. The van der Waals surface area contributed by atoms with Crippen molar-refractivity contribution in [3.8, 4) is 0 Å². The number of carbonyl (C=O) groups excluding carboxylic acids is 1. The lowest BCUT2D eigenvalue weighted by Crippen LogP contribution is -2.25. The molecule has 0 saturated carbocycles. The molecule has 0 radical (unpaired) electrons. The van der Waals surface area contributed by atoms with E-state index in [0.717, 1.165) is 10.0 Å². The zero-order chi connectivity index (χ0) is 17.7. The van der Waals surface area contributed by atoms with Crippen LogP contribution < -0.4 is 11.1 Å². The Morgan fingerprint density at radius 3 is 2.57 bits per heavy atom. The third-order valence-electron chi connectivity index (χ3n) is 3.07. The minimum atomic E-state index is -4.63. The zero-order valence-electron chi connectivity index (χ0n) is 13.0. The molecule has 0 atom stereocenters. The van der Waals surface area contributed by atoms with Gasteiger partial charge in [0.1, 0.15) is 0 Å². The van der Waals surface area contributed by atoms with Crippen LogP contribution in [0.15, 0.2) is 22.7 Å². The van der Waals surface area contributed by atoms with Gasteiger partial charge in [0, 0.05) is 23.1 Å². The van der Waals surface area contributed by atoms with E-state index >= 15 is 0 Å². The molecule has 1 amide bonds. The first kappa shape index (κ1) is 19.8. The third-order valence-corrected chi connectivity index (χ3v) is 3.57. The quantitative estimate of drug-likeness (QED) is 0.656. The Morgan fingerprint density at radius 1 is 1.35 bits per heavy atom. The Labute approximate surface area is 141 Å². The van der Waals surface area contributed by atoms with E-state index in [1.165, 1.54) is 0 Å². The van der Waals surface area contributed by atoms with E-state index in [2.05, 4.69) is 26.0 Å². The number of rotatable bonds is 8. The molecule has 8 heteroatoms. The highest BCUT2D eigenvalue weighted by molar-refractivity contribution is 9.10. The Bertz CT molecular complexity index is 548. The van der Waals surface area contributed by atoms with Gasteiger partial charge in [-0.1, -0.05) is 29.8 Å². The second-order valence-electron chi connectivity index (χ2n) is 6.01. The fourth-order valence-corrected chi connectivity index (χ4v) is 2.69. The van der Waals surface area contributed by atoms with Gasteiger partial charge < -0.3 is 11.1 Å². The van der Waals surface area contributed by atoms with E-state index < -0.39 is 18.9 Å². The van der Waals surface area contributed by atoms with E-state index in [1.807, 2.05) is 19.9 Å². The van der Waals surface area contributed by atoms with Gasteiger partial charge in [-0.3, -0.25) is 9.53 Å². The molecule has 0 aliphatic rings. The zero-order valence-corrected chi connectivity index (χ0v) is 14.6. The minimum absolute atomic E-state index is 0.0182. The minimum Gasteiger partial charge on any atom is -0.383 e. The topological polar surface area (TPSA) is 64.4 Å². The van der Waals surface area contributed by atoms with E-state index in [4.69, 9.17) is 5.73 Å². The summed E-state index contributed by atoms with van der Waals surface area (Å²) >= 11 is 3.37. The van der Waals surface area contributed by atoms with Crippen molar-refractivity contribution in [1.29, 1.82) is 0 Å². The van der Waals surface area contributed by atoms with Gasteiger partial charge >= 0.3 is 6.36 Å². The number of benzene rings is 1. The summed E-state index contributed by atoms with van der Waals surface area (Å²) in [5, 5.41) is 2.93. The van der Waals surface area contributed by atoms with Gasteiger partial charge in [-0.2, -0.15) is 0 Å². The van der Waals surface area contributed by atoms with Gasteiger partial charge in [0.05, 0.1) is 6.61 Å². The number of hydrogen-bond donors (Lipinski definition) is 2. The molecule has 0 aromatic heterocycles. The molecule has 0 unspecified atom stereocenters. The lowest BCUT2D eigenvalue weighted by Gasteiger charge is -2.25. The average Bonchev–Trinajstić information content (AvgIpc) is 2.33. The maximum Gasteiger partial charge on any atom is 0.522 e. The summed E-state index contributed by atoms with van der Waals surface area (Å²) in [6.07, 6.45) is -3.86. The predicted octanol–water partition coefficient (Wildman–Crippen LogP) is 3.84. The molecule has 1 aromatic carbocycles. The number of anilines is 1. The Balaban J connectivity index is 2.75. The molecule has 1 rings (SSSR count). The van der Waals surface area contributed by atoms with Gasteiger partial charge in [0.15, 0.2) is 0 Å². The molecular formula is C15H20BrF3N2O2. The molecule has 0 heterocycles. The van der Waals surface area contributed by atoms with Gasteiger partial charge in [-0.15, -0.1) is 13.2 Å². The van der Waals surface area contributed by atoms with E-state index in [-0.39, 0.29) is 18.4 Å². The molecule has 0 spiro atoms. The largest absolute Gasteiger partial charge is 0.522 e. The van der Waals surface area contributed by atoms with Crippen LogP contribution in [0, 0.1) is 5.41 Å². The van der Waals surface area contributed by atoms with Crippen molar-refractivity contribution >= 4 is 27.5 Å². The number of carbonyl (C=O) groups is 1. The molecule has 1 aromatic rings. The fraction of sp³-hybridized carbons (Fsp3) is 0.533. The summed E-state index contributed by atoms with van der Waals surface area (Å²) < 4.78 is 40.5. The van der Waals surface area contributed by atoms with Gasteiger partial charge in [-0.05, 0) is 35.6 Å². The second-order valence-corrected chi connectivity index (χ2v) is 6.92. The van der Waals surface area contributed by atoms with Crippen molar-refractivity contribution in [2.45, 2.75) is 33.1 Å². The summed E-state index contributed by atoms with van der Waals surface area (Å²) in [6, 6.07) is 5.43. The highest BCUT2D eigenvalue weighted by Gasteiger charge is 2.28. The predicted molar refractivity (Wildman–Crippen MR) is 85.9 cm³/mol. The van der Waals surface area contributed by atoms with Crippen LogP contribution in [0.25, 0.3) is 0 Å². The van der Waals surface area contributed by atoms with Crippen LogP contribution in [0.3, 0.4) is 0 Å². The van der Waals surface area contributed by atoms with Crippen molar-refractivity contribution in [3.63, 3.8) is 0 Å². The molecule has 3 N–H and O–H groups in total. The first-order valence-electron chi connectivity index (χ1n) is 7.00. The number of nitrogens with two attached hydrogens (primary N) is 1. The van der Waals surface area contributed by atoms with Crippen molar-refractivity contribution in [2.75, 3.05) is 18.5 Å². The first-order valence-corrected chi connectivity index (χ1v) is 7.79. The van der Waals surface area contributed by atoms with Crippen LogP contribution in [0.1, 0.15) is 25.8 Å². The number of hydrogen-bond acceptors (Lipinski definition) is 3. The molecule has 0 aliphatic carbocycles. The van der Waals surface area contributed by atoms with Gasteiger partial charge in [0.2, 0.25) is 5.91 Å². The second kappa shape index (κ2) is 8.01. The van der Waals surface area contributed by atoms with Crippen molar-refractivity contribution in [1.82, 2.24) is 0 Å². The Hall–Kier alpha value is -1.28. The summed E-state index contributed by atoms with van der Waals surface area (Å²) in [6.45, 7) is 3.36. The number of alkyl halides is 3. The fourth-order valence-electron chi connectivity index (χ4n) is 2.28. The highest BCUT2D eigenvalue weighted by Crippen LogP contribution is 2.31. The van der Waals surface area contributed by atoms with Crippen LogP contribution >= 0.6 is 15.9 Å². The van der Waals surface area contributed by atoms with E-state index in [9.17, 15) is 18.0 Å². The third kappa shape index (κ3) is 8.22. The number of halogens is 4. The smallest absolute Gasteiger partial charge is 0.383 e. The normalized spacial score (nSPS) is 12.3. The highest BCUT2D eigenvalue weighted by atomic mass is 79.9. The number of amides is 1. The lowest BCUT2D eigenvalue weighted by molar-refractivity contribution is -0.322. The monoisotopic (exact) mass is 396 g/mol. The van der Waals surface area contributed by atoms with E-state index in [1.54, 1.807) is 12.1 Å². The maximum atomic E-state index is 12.0. The molecular weight excluding hydrogens is 377 g/mol. The standard InChI is InChI=1S/C15H20BrF3N2O2/c1-14(2,9-13(20)22)8-10-7-11(16)3-4-12(10)21-5-6-23-15(17,18)19/h3-4,7,21H,5-6,8-9H2,1-2H3,(H2,20,22). The van der Waals surface area contributed by atoms with Crippen LogP contribution in [-0.4, -0.2) is 25.4 Å². The molecule has 0 fully saturated rings. The Morgan fingerprint density at radius 2 is 2.00 bits per heavy atom. The summed E-state index contributed by atoms with van der Waals surface area (Å²) in [7, 11) is 0. The van der Waals surface area contributed by atoms with E-state index in [0.29, 0.717) is 12.1 Å². The van der Waals surface area contributed by atoms with Gasteiger partial charge in [-0.25, -0.2) is 0 Å². The maximum absolute atomic E-state index is 12.0. The molecule has 0 saturated heterocycles. The van der Waals surface area contributed by atoms with Crippen LogP contribution in [0.4, 0.5) is 18.9 Å². The lowest BCUT2D eigenvalue weighted by atomic mass is 9.82.